The van der Waals surface area contributed by atoms with Gasteiger partial charge in [0.25, 0.3) is 0 Å². The number of carboxylic acid groups (broad SMARTS) is 1. The lowest BCUT2D eigenvalue weighted by Crippen LogP contribution is -2.33. The molecule has 0 aromatic heterocycles. The van der Waals surface area contributed by atoms with Gasteiger partial charge in [-0.05, 0) is 16.3 Å². The second kappa shape index (κ2) is 4.93. The molecule has 0 amide bonds. The zero-order valence-electron chi connectivity index (χ0n) is 9.06. The molecule has 0 unspecified atom stereocenters. The van der Waals surface area contributed by atoms with E-state index in [0.717, 1.165) is 16.3 Å². The Balaban J connectivity index is 2.38. The van der Waals surface area contributed by atoms with Crippen LogP contribution in [0.15, 0.2) is 42.5 Å². The number of nitrogens with one attached hydrogen (secondary N) is 1. The van der Waals surface area contributed by atoms with E-state index in [1.807, 2.05) is 42.5 Å². The average molecular weight is 233 g/mol. The van der Waals surface area contributed by atoms with Gasteiger partial charge in [-0.15, -0.1) is 10.0 Å². The number of fused-ring (bicyclic) bond motifs is 1. The van der Waals surface area contributed by atoms with Crippen molar-refractivity contribution >= 4 is 16.7 Å². The Morgan fingerprint density at radius 1 is 1.24 bits per heavy atom. The number of carboxylic acids is 1. The standard InChI is InChI=1S/C13H12FNO2/c14-15-12(13(16)17)8-10-6-3-5-9-4-1-2-7-11(9)10/h1-7,12,15H,8H2,(H,16,17)/t12-/m0/s1. The smallest absolute Gasteiger partial charge is 0.323 e. The van der Waals surface area contributed by atoms with Gasteiger partial charge in [-0.1, -0.05) is 42.5 Å². The maximum atomic E-state index is 12.4. The van der Waals surface area contributed by atoms with Gasteiger partial charge in [0, 0.05) is 6.42 Å². The number of benzene rings is 2. The van der Waals surface area contributed by atoms with Gasteiger partial charge in [-0.2, -0.15) is 0 Å². The van der Waals surface area contributed by atoms with E-state index < -0.39 is 12.0 Å². The quantitative estimate of drug-likeness (QED) is 0.797. The van der Waals surface area contributed by atoms with Crippen LogP contribution in [0.4, 0.5) is 4.48 Å². The Bertz CT molecular complexity index is 536. The Hall–Kier alpha value is -1.94. The van der Waals surface area contributed by atoms with Crippen LogP contribution in [-0.2, 0) is 11.2 Å². The SMILES string of the molecule is O=C(O)[C@H](Cc1cccc2ccccc12)NF. The zero-order chi connectivity index (χ0) is 12.3. The van der Waals surface area contributed by atoms with Crippen molar-refractivity contribution < 1.29 is 14.4 Å². The first-order chi connectivity index (χ1) is 8.22. The zero-order valence-corrected chi connectivity index (χ0v) is 9.06. The highest BCUT2D eigenvalue weighted by Gasteiger charge is 2.18. The highest BCUT2D eigenvalue weighted by molar-refractivity contribution is 5.86. The van der Waals surface area contributed by atoms with E-state index in [9.17, 15) is 9.28 Å². The lowest BCUT2D eigenvalue weighted by atomic mass is 9.99. The van der Waals surface area contributed by atoms with Crippen molar-refractivity contribution in [2.45, 2.75) is 12.5 Å². The van der Waals surface area contributed by atoms with E-state index in [2.05, 4.69) is 0 Å². The van der Waals surface area contributed by atoms with Gasteiger partial charge in [-0.25, -0.2) is 0 Å². The normalized spacial score (nSPS) is 12.5. The number of aliphatic carboxylic acids is 1. The molecule has 0 saturated carbocycles. The molecule has 2 N–H and O–H groups in total. The minimum Gasteiger partial charge on any atom is -0.480 e. The highest BCUT2D eigenvalue weighted by Crippen LogP contribution is 2.19. The van der Waals surface area contributed by atoms with Crippen molar-refractivity contribution in [3.63, 3.8) is 0 Å². The third-order valence-corrected chi connectivity index (χ3v) is 2.73. The lowest BCUT2D eigenvalue weighted by Gasteiger charge is -2.11. The molecule has 0 aliphatic carbocycles. The van der Waals surface area contributed by atoms with E-state index in [-0.39, 0.29) is 6.42 Å². The Labute approximate surface area is 97.8 Å². The number of carbonyl (C=O) groups is 1. The van der Waals surface area contributed by atoms with Gasteiger partial charge >= 0.3 is 5.97 Å². The van der Waals surface area contributed by atoms with Crippen molar-refractivity contribution in [3.8, 4) is 0 Å². The molecule has 0 radical (unpaired) electrons. The second-order valence-electron chi connectivity index (χ2n) is 3.84. The summed E-state index contributed by atoms with van der Waals surface area (Å²) in [6, 6.07) is 12.0. The lowest BCUT2D eigenvalue weighted by molar-refractivity contribution is -0.140. The molecule has 0 bridgehead atoms. The van der Waals surface area contributed by atoms with Gasteiger partial charge in [0.1, 0.15) is 6.04 Å². The first kappa shape index (κ1) is 11.5. The summed E-state index contributed by atoms with van der Waals surface area (Å²) in [6.45, 7) is 0. The fourth-order valence-electron chi connectivity index (χ4n) is 1.86. The van der Waals surface area contributed by atoms with Gasteiger partial charge < -0.3 is 5.11 Å². The van der Waals surface area contributed by atoms with E-state index in [0.29, 0.717) is 0 Å². The summed E-state index contributed by atoms with van der Waals surface area (Å²) in [7, 11) is 0. The Morgan fingerprint density at radius 3 is 2.65 bits per heavy atom. The van der Waals surface area contributed by atoms with Gasteiger partial charge in [0.15, 0.2) is 0 Å². The molecule has 0 spiro atoms. The van der Waals surface area contributed by atoms with Crippen LogP contribution in [-0.4, -0.2) is 17.1 Å². The first-order valence-corrected chi connectivity index (χ1v) is 5.28. The van der Waals surface area contributed by atoms with Crippen LogP contribution in [0.1, 0.15) is 5.56 Å². The molecule has 1 atom stereocenters. The van der Waals surface area contributed by atoms with Gasteiger partial charge in [0.2, 0.25) is 0 Å². The summed E-state index contributed by atoms with van der Waals surface area (Å²) >= 11 is 0. The molecule has 88 valence electrons. The third-order valence-electron chi connectivity index (χ3n) is 2.73. The Morgan fingerprint density at radius 2 is 1.94 bits per heavy atom. The van der Waals surface area contributed by atoms with E-state index in [1.165, 1.54) is 5.54 Å². The molecule has 0 heterocycles. The topological polar surface area (TPSA) is 49.3 Å². The molecule has 0 fully saturated rings. The fourth-order valence-corrected chi connectivity index (χ4v) is 1.86. The van der Waals surface area contributed by atoms with E-state index >= 15 is 0 Å². The summed E-state index contributed by atoms with van der Waals surface area (Å²) in [5, 5.41) is 10.8. The number of halogens is 1. The van der Waals surface area contributed by atoms with Crippen LogP contribution in [0.3, 0.4) is 0 Å². The maximum Gasteiger partial charge on any atom is 0.323 e. The molecular formula is C13H12FNO2. The second-order valence-corrected chi connectivity index (χ2v) is 3.84. The van der Waals surface area contributed by atoms with Crippen molar-refractivity contribution in [3.05, 3.63) is 48.0 Å². The van der Waals surface area contributed by atoms with Crippen LogP contribution in [0, 0.1) is 0 Å². The van der Waals surface area contributed by atoms with Crippen LogP contribution < -0.4 is 5.54 Å². The van der Waals surface area contributed by atoms with Crippen molar-refractivity contribution in [1.29, 1.82) is 0 Å². The predicted molar refractivity (Wildman–Crippen MR) is 63.3 cm³/mol. The highest BCUT2D eigenvalue weighted by atomic mass is 19.2. The minimum atomic E-state index is -1.21. The molecular weight excluding hydrogens is 221 g/mol. The molecule has 17 heavy (non-hydrogen) atoms. The predicted octanol–water partition coefficient (Wildman–Crippen LogP) is 2.31. The average Bonchev–Trinajstić information content (AvgIpc) is 2.35. The van der Waals surface area contributed by atoms with Gasteiger partial charge in [0.05, 0.1) is 0 Å². The van der Waals surface area contributed by atoms with Crippen LogP contribution >= 0.6 is 0 Å². The van der Waals surface area contributed by atoms with E-state index in [1.54, 1.807) is 0 Å². The summed E-state index contributed by atoms with van der Waals surface area (Å²) in [6.07, 6.45) is 0.118. The number of rotatable bonds is 4. The summed E-state index contributed by atoms with van der Waals surface area (Å²) < 4.78 is 12.4. The summed E-state index contributed by atoms with van der Waals surface area (Å²) in [5.41, 5.74) is 2.14. The molecule has 2 rings (SSSR count). The van der Waals surface area contributed by atoms with Crippen LogP contribution in [0.5, 0.6) is 0 Å². The number of hydrogen-bond acceptors (Lipinski definition) is 2. The molecule has 0 saturated heterocycles. The summed E-state index contributed by atoms with van der Waals surface area (Å²) in [5.74, 6) is -1.19. The van der Waals surface area contributed by atoms with E-state index in [4.69, 9.17) is 5.11 Å². The first-order valence-electron chi connectivity index (χ1n) is 5.28. The van der Waals surface area contributed by atoms with Crippen LogP contribution in [0.25, 0.3) is 10.8 Å². The molecule has 3 nitrogen and oxygen atoms in total. The number of hydrogen-bond donors (Lipinski definition) is 2. The summed E-state index contributed by atoms with van der Waals surface area (Å²) in [4.78, 5) is 10.8. The van der Waals surface area contributed by atoms with Crippen LogP contribution in [0.2, 0.25) is 0 Å². The monoisotopic (exact) mass is 233 g/mol. The molecule has 0 aliphatic rings. The fraction of sp³-hybridized carbons (Fsp3) is 0.154. The molecule has 2 aromatic carbocycles. The van der Waals surface area contributed by atoms with Crippen molar-refractivity contribution in [2.75, 3.05) is 0 Å². The van der Waals surface area contributed by atoms with Crippen molar-refractivity contribution in [2.24, 2.45) is 0 Å². The largest absolute Gasteiger partial charge is 0.480 e. The molecule has 2 aromatic rings. The van der Waals surface area contributed by atoms with Gasteiger partial charge in [-0.3, -0.25) is 4.79 Å². The third kappa shape index (κ3) is 2.42. The maximum absolute atomic E-state index is 12.4. The van der Waals surface area contributed by atoms with Crippen molar-refractivity contribution in [1.82, 2.24) is 5.54 Å². The minimum absolute atomic E-state index is 0.118. The molecule has 0 aliphatic heterocycles. The molecule has 4 heteroatoms. The Kier molecular flexibility index (Phi) is 3.35.